The van der Waals surface area contributed by atoms with Crippen LogP contribution in [-0.2, 0) is 6.54 Å². The van der Waals surface area contributed by atoms with Gasteiger partial charge in [-0.1, -0.05) is 29.8 Å². The maximum atomic E-state index is 6.25. The van der Waals surface area contributed by atoms with E-state index >= 15 is 0 Å². The number of nitrogens with two attached hydrogens (primary N) is 1. The molecule has 0 saturated carbocycles. The van der Waals surface area contributed by atoms with Gasteiger partial charge in [0.2, 0.25) is 0 Å². The third-order valence-corrected chi connectivity index (χ3v) is 3.92. The molecule has 1 atom stereocenters. The van der Waals surface area contributed by atoms with Gasteiger partial charge < -0.3 is 5.73 Å². The Morgan fingerprint density at radius 2 is 2.28 bits per heavy atom. The Balaban J connectivity index is 2.32. The summed E-state index contributed by atoms with van der Waals surface area (Å²) in [4.78, 5) is 0. The van der Waals surface area contributed by atoms with Crippen LogP contribution in [0.1, 0.15) is 30.6 Å². The average Bonchev–Trinajstić information content (AvgIpc) is 2.80. The fourth-order valence-electron chi connectivity index (χ4n) is 1.77. The largest absolute Gasteiger partial charge is 0.319 e. The molecule has 0 radical (unpaired) electrons. The predicted octanol–water partition coefficient (Wildman–Crippen LogP) is 3.15. The molecule has 18 heavy (non-hydrogen) atoms. The van der Waals surface area contributed by atoms with Crippen molar-refractivity contribution in [3.8, 4) is 0 Å². The molecular formula is C12H14BrClN4. The minimum Gasteiger partial charge on any atom is -0.319 e. The van der Waals surface area contributed by atoms with Crippen LogP contribution in [0.25, 0.3) is 0 Å². The highest BCUT2D eigenvalue weighted by Gasteiger charge is 2.15. The molecule has 6 heteroatoms. The lowest BCUT2D eigenvalue weighted by molar-refractivity contribution is 0.543. The summed E-state index contributed by atoms with van der Waals surface area (Å²) in [6.07, 6.45) is 2.70. The lowest BCUT2D eigenvalue weighted by atomic mass is 10.1. The summed E-state index contributed by atoms with van der Waals surface area (Å²) in [6, 6.07) is 5.42. The third kappa shape index (κ3) is 2.74. The Labute approximate surface area is 119 Å². The van der Waals surface area contributed by atoms with Gasteiger partial charge in [-0.3, -0.25) is 0 Å². The predicted molar refractivity (Wildman–Crippen MR) is 75.5 cm³/mol. The van der Waals surface area contributed by atoms with E-state index < -0.39 is 0 Å². The highest BCUT2D eigenvalue weighted by Crippen LogP contribution is 2.27. The van der Waals surface area contributed by atoms with Gasteiger partial charge in [-0.05, 0) is 40.0 Å². The molecule has 0 spiro atoms. The van der Waals surface area contributed by atoms with Crippen molar-refractivity contribution in [3.63, 3.8) is 0 Å². The highest BCUT2D eigenvalue weighted by molar-refractivity contribution is 9.10. The average molecular weight is 330 g/mol. The van der Waals surface area contributed by atoms with E-state index in [9.17, 15) is 0 Å². The minimum atomic E-state index is -0.250. The monoisotopic (exact) mass is 328 g/mol. The number of rotatable bonds is 4. The highest BCUT2D eigenvalue weighted by atomic mass is 79.9. The topological polar surface area (TPSA) is 56.7 Å². The zero-order chi connectivity index (χ0) is 13.1. The van der Waals surface area contributed by atoms with Crippen molar-refractivity contribution in [3.05, 3.63) is 45.1 Å². The van der Waals surface area contributed by atoms with E-state index in [0.29, 0.717) is 5.02 Å². The van der Waals surface area contributed by atoms with Crippen LogP contribution < -0.4 is 5.73 Å². The zero-order valence-electron chi connectivity index (χ0n) is 9.98. The summed E-state index contributed by atoms with van der Waals surface area (Å²) in [5, 5.41) is 8.64. The molecule has 1 unspecified atom stereocenters. The van der Waals surface area contributed by atoms with Gasteiger partial charge in [0.15, 0.2) is 0 Å². The second-order valence-corrected chi connectivity index (χ2v) is 5.29. The van der Waals surface area contributed by atoms with E-state index in [0.717, 1.165) is 28.7 Å². The van der Waals surface area contributed by atoms with Crippen molar-refractivity contribution < 1.29 is 0 Å². The first-order chi connectivity index (χ1) is 8.63. The Morgan fingerprint density at radius 3 is 2.94 bits per heavy atom. The molecule has 1 aromatic heterocycles. The van der Waals surface area contributed by atoms with Crippen LogP contribution in [-0.4, -0.2) is 15.0 Å². The standard InChI is InChI=1S/C12H14BrClN4/c1-2-5-18-11(7-16-17-18)12(15)8-3-4-10(14)9(13)6-8/h3-4,6-7,12H,2,5,15H2,1H3. The van der Waals surface area contributed by atoms with Crippen molar-refractivity contribution in [1.29, 1.82) is 0 Å². The summed E-state index contributed by atoms with van der Waals surface area (Å²) < 4.78 is 2.68. The molecule has 0 amide bonds. The summed E-state index contributed by atoms with van der Waals surface area (Å²) in [5.41, 5.74) is 8.13. The van der Waals surface area contributed by atoms with Gasteiger partial charge in [0.1, 0.15) is 0 Å². The maximum absolute atomic E-state index is 6.25. The van der Waals surface area contributed by atoms with Crippen LogP contribution in [0.3, 0.4) is 0 Å². The Bertz CT molecular complexity index is 541. The molecule has 0 fully saturated rings. The molecule has 96 valence electrons. The van der Waals surface area contributed by atoms with Crippen LogP contribution in [0, 0.1) is 0 Å². The Morgan fingerprint density at radius 1 is 1.50 bits per heavy atom. The second-order valence-electron chi connectivity index (χ2n) is 4.03. The second kappa shape index (κ2) is 5.82. The molecule has 4 nitrogen and oxygen atoms in total. The number of benzene rings is 1. The van der Waals surface area contributed by atoms with Crippen LogP contribution in [0.2, 0.25) is 5.02 Å². The van der Waals surface area contributed by atoms with Gasteiger partial charge in [0.05, 0.1) is 23.0 Å². The smallest absolute Gasteiger partial charge is 0.0799 e. The van der Waals surface area contributed by atoms with Crippen molar-refractivity contribution in [2.24, 2.45) is 5.73 Å². The molecule has 2 aromatic rings. The minimum absolute atomic E-state index is 0.250. The number of halogens is 2. The van der Waals surface area contributed by atoms with E-state index in [2.05, 4.69) is 33.2 Å². The normalized spacial score (nSPS) is 12.7. The summed E-state index contributed by atoms with van der Waals surface area (Å²) in [7, 11) is 0. The van der Waals surface area contributed by atoms with Gasteiger partial charge in [0.25, 0.3) is 0 Å². The van der Waals surface area contributed by atoms with Gasteiger partial charge in [-0.25, -0.2) is 4.68 Å². The third-order valence-electron chi connectivity index (χ3n) is 2.70. The van der Waals surface area contributed by atoms with Gasteiger partial charge in [-0.2, -0.15) is 0 Å². The van der Waals surface area contributed by atoms with E-state index in [-0.39, 0.29) is 6.04 Å². The van der Waals surface area contributed by atoms with Crippen LogP contribution in [0.15, 0.2) is 28.9 Å². The fraction of sp³-hybridized carbons (Fsp3) is 0.333. The van der Waals surface area contributed by atoms with Crippen LogP contribution >= 0.6 is 27.5 Å². The van der Waals surface area contributed by atoms with Gasteiger partial charge >= 0.3 is 0 Å². The van der Waals surface area contributed by atoms with E-state index in [1.54, 1.807) is 6.20 Å². The van der Waals surface area contributed by atoms with Gasteiger partial charge in [-0.15, -0.1) is 5.10 Å². The maximum Gasteiger partial charge on any atom is 0.0799 e. The first-order valence-corrected chi connectivity index (χ1v) is 6.89. The van der Waals surface area contributed by atoms with Gasteiger partial charge in [0, 0.05) is 11.0 Å². The molecule has 0 bridgehead atoms. The van der Waals surface area contributed by atoms with Crippen molar-refractivity contribution in [2.45, 2.75) is 25.9 Å². The summed E-state index contributed by atoms with van der Waals surface area (Å²) in [6.45, 7) is 2.91. The molecule has 0 saturated heterocycles. The molecule has 0 aliphatic rings. The van der Waals surface area contributed by atoms with Crippen LogP contribution in [0.4, 0.5) is 0 Å². The molecule has 2 N–H and O–H groups in total. The van der Waals surface area contributed by atoms with Crippen molar-refractivity contribution in [1.82, 2.24) is 15.0 Å². The Hall–Kier alpha value is -0.910. The first-order valence-electron chi connectivity index (χ1n) is 5.72. The fourth-order valence-corrected chi connectivity index (χ4v) is 2.28. The van der Waals surface area contributed by atoms with E-state index in [1.807, 2.05) is 22.9 Å². The zero-order valence-corrected chi connectivity index (χ0v) is 12.3. The van der Waals surface area contributed by atoms with Crippen molar-refractivity contribution in [2.75, 3.05) is 0 Å². The molecular weight excluding hydrogens is 316 g/mol. The van der Waals surface area contributed by atoms with Crippen LogP contribution in [0.5, 0.6) is 0 Å². The molecule has 2 rings (SSSR count). The molecule has 0 aliphatic heterocycles. The number of aryl methyl sites for hydroxylation is 1. The van der Waals surface area contributed by atoms with E-state index in [4.69, 9.17) is 17.3 Å². The quantitative estimate of drug-likeness (QED) is 0.937. The number of aromatic nitrogens is 3. The SMILES string of the molecule is CCCn1nncc1C(N)c1ccc(Cl)c(Br)c1. The number of nitrogens with zero attached hydrogens (tertiary/aromatic N) is 3. The number of hydrogen-bond acceptors (Lipinski definition) is 3. The summed E-state index contributed by atoms with van der Waals surface area (Å²) in [5.74, 6) is 0. The first kappa shape index (κ1) is 13.5. The Kier molecular flexibility index (Phi) is 4.37. The lowest BCUT2D eigenvalue weighted by Gasteiger charge is -2.14. The molecule has 1 aromatic carbocycles. The number of hydrogen-bond donors (Lipinski definition) is 1. The van der Waals surface area contributed by atoms with E-state index in [1.165, 1.54) is 0 Å². The molecule has 1 heterocycles. The summed E-state index contributed by atoms with van der Waals surface area (Å²) >= 11 is 9.37. The van der Waals surface area contributed by atoms with Crippen molar-refractivity contribution >= 4 is 27.5 Å². The lowest BCUT2D eigenvalue weighted by Crippen LogP contribution is -2.17. The molecule has 0 aliphatic carbocycles.